The number of aromatic nitrogens is 2. The van der Waals surface area contributed by atoms with Gasteiger partial charge in [-0.05, 0) is 54.8 Å². The van der Waals surface area contributed by atoms with E-state index in [-0.39, 0.29) is 12.1 Å². The molecule has 0 bridgehead atoms. The van der Waals surface area contributed by atoms with Crippen LogP contribution in [0.5, 0.6) is 5.75 Å². The quantitative estimate of drug-likeness (QED) is 0.455. The molecule has 0 spiro atoms. The number of hydrogen-bond acceptors (Lipinski definition) is 3. The summed E-state index contributed by atoms with van der Waals surface area (Å²) in [5.41, 5.74) is 6.30. The van der Waals surface area contributed by atoms with E-state index in [1.807, 2.05) is 49.2 Å². The Kier molecular flexibility index (Phi) is 5.50. The van der Waals surface area contributed by atoms with Crippen molar-refractivity contribution in [3.8, 4) is 16.9 Å². The van der Waals surface area contributed by atoms with Crippen molar-refractivity contribution in [1.82, 2.24) is 19.8 Å². The van der Waals surface area contributed by atoms with E-state index in [1.54, 1.807) is 4.90 Å². The summed E-state index contributed by atoms with van der Waals surface area (Å²) in [6.07, 6.45) is 0. The highest BCUT2D eigenvalue weighted by Crippen LogP contribution is 2.31. The first kappa shape index (κ1) is 21.1. The van der Waals surface area contributed by atoms with Crippen molar-refractivity contribution in [2.45, 2.75) is 26.4 Å². The van der Waals surface area contributed by atoms with Crippen LogP contribution in [0, 0.1) is 6.92 Å². The largest absolute Gasteiger partial charge is 0.491 e. The Balaban J connectivity index is 1.40. The number of urea groups is 1. The predicted molar refractivity (Wildman–Crippen MR) is 130 cm³/mol. The Bertz CT molecular complexity index is 1300. The first-order valence-corrected chi connectivity index (χ1v) is 11.3. The van der Waals surface area contributed by atoms with Crippen LogP contribution in [-0.2, 0) is 6.54 Å². The lowest BCUT2D eigenvalue weighted by Crippen LogP contribution is -2.42. The highest BCUT2D eigenvalue weighted by Gasteiger charge is 2.26. The molecule has 3 aromatic carbocycles. The van der Waals surface area contributed by atoms with E-state index < -0.39 is 0 Å². The SMILES string of the molecule is Cc1nc2ccc(-c3ccc4c(c3)CN(C(=O)N(C)[C@H](C)c3ccccc3)CCO4)cc2[nH]1. The summed E-state index contributed by atoms with van der Waals surface area (Å²) in [6, 6.07) is 22.5. The topological polar surface area (TPSA) is 61.5 Å². The molecule has 0 unspecified atom stereocenters. The van der Waals surface area contributed by atoms with Crippen LogP contribution >= 0.6 is 0 Å². The van der Waals surface area contributed by atoms with Crippen molar-refractivity contribution in [2.24, 2.45) is 0 Å². The van der Waals surface area contributed by atoms with Crippen molar-refractivity contribution in [3.05, 3.63) is 83.7 Å². The minimum absolute atomic E-state index is 0.00237. The monoisotopic (exact) mass is 440 g/mol. The Hall–Kier alpha value is -3.80. The number of nitrogens with zero attached hydrogens (tertiary/aromatic N) is 3. The molecular formula is C27H28N4O2. The molecule has 1 aromatic heterocycles. The van der Waals surface area contributed by atoms with Gasteiger partial charge in [0.1, 0.15) is 18.2 Å². The summed E-state index contributed by atoms with van der Waals surface area (Å²) < 4.78 is 5.99. The highest BCUT2D eigenvalue weighted by atomic mass is 16.5. The van der Waals surface area contributed by atoms with Gasteiger partial charge in [-0.1, -0.05) is 42.5 Å². The van der Waals surface area contributed by atoms with Crippen LogP contribution in [0.4, 0.5) is 4.79 Å². The number of nitrogens with one attached hydrogen (secondary N) is 1. The summed E-state index contributed by atoms with van der Waals surface area (Å²) in [4.78, 5) is 24.8. The van der Waals surface area contributed by atoms with Crippen LogP contribution in [0.15, 0.2) is 66.7 Å². The van der Waals surface area contributed by atoms with Gasteiger partial charge in [0, 0.05) is 12.6 Å². The Morgan fingerprint density at radius 3 is 2.67 bits per heavy atom. The molecule has 0 aliphatic carbocycles. The summed E-state index contributed by atoms with van der Waals surface area (Å²) in [7, 11) is 1.87. The number of hydrogen-bond donors (Lipinski definition) is 1. The second-order valence-corrected chi connectivity index (χ2v) is 8.63. The number of imidazole rings is 1. The summed E-state index contributed by atoms with van der Waals surface area (Å²) in [5, 5.41) is 0. The number of aromatic amines is 1. The smallest absolute Gasteiger partial charge is 0.320 e. The van der Waals surface area contributed by atoms with Crippen LogP contribution in [0.3, 0.4) is 0 Å². The first-order chi connectivity index (χ1) is 16.0. The number of ether oxygens (including phenoxy) is 1. The molecule has 0 saturated heterocycles. The molecule has 6 heteroatoms. The average molecular weight is 441 g/mol. The molecule has 0 radical (unpaired) electrons. The van der Waals surface area contributed by atoms with E-state index in [4.69, 9.17) is 4.74 Å². The third kappa shape index (κ3) is 4.16. The number of carbonyl (C=O) groups excluding carboxylic acids is 1. The van der Waals surface area contributed by atoms with Crippen LogP contribution in [-0.4, -0.2) is 46.0 Å². The Morgan fingerprint density at radius 2 is 1.85 bits per heavy atom. The van der Waals surface area contributed by atoms with Gasteiger partial charge in [-0.15, -0.1) is 0 Å². The number of amides is 2. The van der Waals surface area contributed by atoms with Gasteiger partial charge in [0.25, 0.3) is 0 Å². The van der Waals surface area contributed by atoms with Crippen molar-refractivity contribution >= 4 is 17.1 Å². The number of rotatable bonds is 3. The van der Waals surface area contributed by atoms with E-state index in [2.05, 4.69) is 53.3 Å². The lowest BCUT2D eigenvalue weighted by molar-refractivity contribution is 0.142. The maximum absolute atomic E-state index is 13.4. The highest BCUT2D eigenvalue weighted by molar-refractivity contribution is 5.82. The molecule has 1 aliphatic rings. The molecule has 0 fully saturated rings. The van der Waals surface area contributed by atoms with Crippen LogP contribution in [0.1, 0.15) is 29.9 Å². The van der Waals surface area contributed by atoms with Crippen molar-refractivity contribution < 1.29 is 9.53 Å². The van der Waals surface area contributed by atoms with Crippen LogP contribution in [0.2, 0.25) is 0 Å². The molecule has 0 saturated carbocycles. The molecule has 5 rings (SSSR count). The summed E-state index contributed by atoms with van der Waals surface area (Å²) in [6.45, 7) is 5.56. The normalized spacial score (nSPS) is 14.3. The number of benzene rings is 3. The standard InChI is InChI=1S/C27H28N4O2/c1-18(20-7-5-4-6-8-20)30(3)27(32)31-13-14-33-26-12-10-21(15-23(26)17-31)22-9-11-24-25(16-22)29-19(2)28-24/h4-12,15-16,18H,13-14,17H2,1-3H3,(H,28,29)/t18-/m1/s1. The van der Waals surface area contributed by atoms with Crippen LogP contribution < -0.4 is 4.74 Å². The van der Waals surface area contributed by atoms with Gasteiger partial charge < -0.3 is 19.5 Å². The second-order valence-electron chi connectivity index (χ2n) is 8.63. The zero-order chi connectivity index (χ0) is 22.9. The average Bonchev–Trinajstić information content (AvgIpc) is 3.08. The molecule has 4 aromatic rings. The van der Waals surface area contributed by atoms with Crippen LogP contribution in [0.25, 0.3) is 22.2 Å². The minimum Gasteiger partial charge on any atom is -0.491 e. The van der Waals surface area contributed by atoms with E-state index in [9.17, 15) is 4.79 Å². The fourth-order valence-corrected chi connectivity index (χ4v) is 4.40. The van der Waals surface area contributed by atoms with Crippen molar-refractivity contribution in [2.75, 3.05) is 20.2 Å². The van der Waals surface area contributed by atoms with Gasteiger partial charge >= 0.3 is 6.03 Å². The van der Waals surface area contributed by atoms with E-state index in [1.165, 1.54) is 0 Å². The second kappa shape index (κ2) is 8.62. The lowest BCUT2D eigenvalue weighted by Gasteiger charge is -2.31. The van der Waals surface area contributed by atoms with Crippen molar-refractivity contribution in [1.29, 1.82) is 0 Å². The number of H-pyrrole nitrogens is 1. The molecule has 2 amide bonds. The van der Waals surface area contributed by atoms with Crippen molar-refractivity contribution in [3.63, 3.8) is 0 Å². The fraction of sp³-hybridized carbons (Fsp3) is 0.259. The third-order valence-electron chi connectivity index (χ3n) is 6.41. The fourth-order valence-electron chi connectivity index (χ4n) is 4.40. The minimum atomic E-state index is -0.0155. The summed E-state index contributed by atoms with van der Waals surface area (Å²) >= 11 is 0. The maximum Gasteiger partial charge on any atom is 0.320 e. The third-order valence-corrected chi connectivity index (χ3v) is 6.41. The van der Waals surface area contributed by atoms with E-state index in [0.29, 0.717) is 19.7 Å². The maximum atomic E-state index is 13.4. The van der Waals surface area contributed by atoms with Gasteiger partial charge in [-0.25, -0.2) is 9.78 Å². The molecular weight excluding hydrogens is 412 g/mol. The molecule has 33 heavy (non-hydrogen) atoms. The molecule has 1 aliphatic heterocycles. The van der Waals surface area contributed by atoms with Gasteiger partial charge in [0.15, 0.2) is 0 Å². The van der Waals surface area contributed by atoms with Gasteiger partial charge in [0.2, 0.25) is 0 Å². The number of aryl methyl sites for hydroxylation is 1. The molecule has 168 valence electrons. The Morgan fingerprint density at radius 1 is 1.09 bits per heavy atom. The lowest BCUT2D eigenvalue weighted by atomic mass is 10.0. The van der Waals surface area contributed by atoms with Gasteiger partial charge in [-0.3, -0.25) is 0 Å². The molecule has 1 N–H and O–H groups in total. The number of fused-ring (bicyclic) bond motifs is 2. The molecule has 6 nitrogen and oxygen atoms in total. The zero-order valence-corrected chi connectivity index (χ0v) is 19.2. The van der Waals surface area contributed by atoms with E-state index >= 15 is 0 Å². The van der Waals surface area contributed by atoms with Gasteiger partial charge in [0.05, 0.1) is 30.2 Å². The summed E-state index contributed by atoms with van der Waals surface area (Å²) in [5.74, 6) is 1.74. The van der Waals surface area contributed by atoms with Gasteiger partial charge in [-0.2, -0.15) is 0 Å². The zero-order valence-electron chi connectivity index (χ0n) is 19.2. The van der Waals surface area contributed by atoms with E-state index in [0.717, 1.165) is 44.9 Å². The molecule has 1 atom stereocenters. The predicted octanol–water partition coefficient (Wildman–Crippen LogP) is 5.55. The Labute approximate surface area is 193 Å². The molecule has 2 heterocycles. The first-order valence-electron chi connectivity index (χ1n) is 11.3. The number of carbonyl (C=O) groups is 1.